The number of aliphatic hydroxyl groups is 1. The van der Waals surface area contributed by atoms with Crippen LogP contribution in [0.3, 0.4) is 0 Å². The predicted octanol–water partition coefficient (Wildman–Crippen LogP) is 4.07. The highest BCUT2D eigenvalue weighted by Gasteiger charge is 2.21. The molecule has 0 aliphatic carbocycles. The van der Waals surface area contributed by atoms with Gasteiger partial charge in [0.15, 0.2) is 0 Å². The van der Waals surface area contributed by atoms with Gasteiger partial charge in [0.1, 0.15) is 11.4 Å². The summed E-state index contributed by atoms with van der Waals surface area (Å²) in [6.45, 7) is 1.42. The van der Waals surface area contributed by atoms with Crippen molar-refractivity contribution >= 4 is 22.9 Å². The molecule has 1 aromatic carbocycles. The van der Waals surface area contributed by atoms with Gasteiger partial charge in [-0.25, -0.2) is 18.1 Å². The first-order valence-electron chi connectivity index (χ1n) is 9.93. The number of nitrogens with zero attached hydrogens (tertiary/aromatic N) is 4. The maximum absolute atomic E-state index is 13.6. The molecule has 4 rings (SSSR count). The summed E-state index contributed by atoms with van der Waals surface area (Å²) in [5.41, 5.74) is 1.08. The molecule has 0 spiro atoms. The Hall–Kier alpha value is -3.57. The Balaban J connectivity index is 1.75. The van der Waals surface area contributed by atoms with Crippen LogP contribution in [0.2, 0.25) is 0 Å². The molecule has 172 valence electrons. The van der Waals surface area contributed by atoms with E-state index in [-0.39, 0.29) is 11.3 Å². The fourth-order valence-corrected chi connectivity index (χ4v) is 4.13. The molecule has 3 heterocycles. The van der Waals surface area contributed by atoms with Crippen LogP contribution < -0.4 is 15.6 Å². The lowest BCUT2D eigenvalue weighted by molar-refractivity contribution is 0.149. The molecule has 11 heteroatoms. The van der Waals surface area contributed by atoms with E-state index in [9.17, 15) is 18.7 Å². The van der Waals surface area contributed by atoms with E-state index in [0.29, 0.717) is 16.3 Å². The van der Waals surface area contributed by atoms with Crippen LogP contribution in [0.15, 0.2) is 60.0 Å². The number of alkyl halides is 2. The molecular weight excluding hydrogens is 452 g/mol. The number of aliphatic hydroxyl groups excluding tert-OH is 1. The lowest BCUT2D eigenvalue weighted by Gasteiger charge is -2.19. The van der Waals surface area contributed by atoms with E-state index < -0.39 is 24.6 Å². The average Bonchev–Trinajstić information content (AvgIpc) is 3.48. The number of imidazole rings is 1. The van der Waals surface area contributed by atoms with E-state index in [2.05, 4.69) is 14.7 Å². The fourth-order valence-electron chi connectivity index (χ4n) is 3.45. The summed E-state index contributed by atoms with van der Waals surface area (Å²) in [6, 6.07) is 7.07. The summed E-state index contributed by atoms with van der Waals surface area (Å²) in [5, 5.41) is 12.8. The van der Waals surface area contributed by atoms with Gasteiger partial charge < -0.3 is 24.3 Å². The van der Waals surface area contributed by atoms with Gasteiger partial charge in [-0.3, -0.25) is 4.79 Å². The lowest BCUT2D eigenvalue weighted by atomic mass is 10.2. The van der Waals surface area contributed by atoms with Crippen LogP contribution >= 0.6 is 11.5 Å². The van der Waals surface area contributed by atoms with Crippen LogP contribution in [-0.2, 0) is 0 Å². The highest BCUT2D eigenvalue weighted by atomic mass is 32.1. The summed E-state index contributed by atoms with van der Waals surface area (Å²) in [5.74, 6) is 0.501. The van der Waals surface area contributed by atoms with Crippen molar-refractivity contribution in [1.82, 2.24) is 18.5 Å². The molecule has 0 amide bonds. The SMILES string of the molecule is COc1cc(Nc2cc(C(F)F)cn([C@@H](CO)c3ccns3)c2=O)ccc1-n1cnc(C)c1. The van der Waals surface area contributed by atoms with Crippen molar-refractivity contribution in [2.45, 2.75) is 19.4 Å². The first-order chi connectivity index (χ1) is 15.9. The number of benzene rings is 1. The van der Waals surface area contributed by atoms with Gasteiger partial charge in [-0.1, -0.05) is 0 Å². The second-order valence-corrected chi connectivity index (χ2v) is 8.11. The molecule has 8 nitrogen and oxygen atoms in total. The van der Waals surface area contributed by atoms with Gasteiger partial charge in [0.2, 0.25) is 0 Å². The standard InChI is InChI=1S/C22H21F2N5O3S/c1-13-9-28(12-25-13)17-4-3-15(8-19(17)32-2)27-16-7-14(21(23)24)10-29(22(16)31)18(11-30)20-5-6-26-33-20/h3-10,12,18,21,27,30H,11H2,1-2H3/t18-/m0/s1. The van der Waals surface area contributed by atoms with Gasteiger partial charge in [-0.05, 0) is 42.7 Å². The van der Waals surface area contributed by atoms with Crippen molar-refractivity contribution in [1.29, 1.82) is 0 Å². The highest BCUT2D eigenvalue weighted by Crippen LogP contribution is 2.30. The number of hydrogen-bond acceptors (Lipinski definition) is 7. The molecule has 0 aliphatic heterocycles. The van der Waals surface area contributed by atoms with E-state index >= 15 is 0 Å². The molecule has 0 saturated heterocycles. The van der Waals surface area contributed by atoms with E-state index in [4.69, 9.17) is 4.74 Å². The molecule has 3 aromatic heterocycles. The van der Waals surface area contributed by atoms with Crippen LogP contribution in [-0.4, -0.2) is 37.3 Å². The van der Waals surface area contributed by atoms with E-state index in [0.717, 1.165) is 39.7 Å². The average molecular weight is 474 g/mol. The Morgan fingerprint density at radius 2 is 2.06 bits per heavy atom. The number of ether oxygens (including phenoxy) is 1. The molecule has 0 saturated carbocycles. The number of pyridine rings is 1. The van der Waals surface area contributed by atoms with Crippen LogP contribution in [0, 0.1) is 6.92 Å². The number of nitrogens with one attached hydrogen (secondary N) is 1. The van der Waals surface area contributed by atoms with Crippen molar-refractivity contribution in [3.63, 3.8) is 0 Å². The Labute approximate surface area is 191 Å². The fraction of sp³-hybridized carbons (Fsp3) is 0.227. The Kier molecular flexibility index (Phi) is 6.52. The monoisotopic (exact) mass is 473 g/mol. The number of aryl methyl sites for hydroxylation is 1. The normalized spacial score (nSPS) is 12.2. The Morgan fingerprint density at radius 1 is 1.24 bits per heavy atom. The molecule has 0 bridgehead atoms. The lowest BCUT2D eigenvalue weighted by Crippen LogP contribution is -2.29. The Morgan fingerprint density at radius 3 is 2.67 bits per heavy atom. The van der Waals surface area contributed by atoms with E-state index in [1.54, 1.807) is 35.2 Å². The van der Waals surface area contributed by atoms with Crippen molar-refractivity contribution < 1.29 is 18.6 Å². The zero-order valence-corrected chi connectivity index (χ0v) is 18.6. The number of anilines is 2. The van der Waals surface area contributed by atoms with Gasteiger partial charge in [-0.15, -0.1) is 0 Å². The molecule has 1 atom stereocenters. The Bertz CT molecular complexity index is 1300. The molecule has 33 heavy (non-hydrogen) atoms. The third-order valence-electron chi connectivity index (χ3n) is 5.06. The van der Waals surface area contributed by atoms with Crippen LogP contribution in [0.1, 0.15) is 28.6 Å². The van der Waals surface area contributed by atoms with Gasteiger partial charge in [-0.2, -0.15) is 0 Å². The molecule has 0 aliphatic rings. The highest BCUT2D eigenvalue weighted by molar-refractivity contribution is 7.05. The number of rotatable bonds is 8. The molecule has 2 N–H and O–H groups in total. The summed E-state index contributed by atoms with van der Waals surface area (Å²) in [7, 11) is 1.51. The molecule has 0 fully saturated rings. The molecule has 0 unspecified atom stereocenters. The van der Waals surface area contributed by atoms with Crippen LogP contribution in [0.5, 0.6) is 5.75 Å². The van der Waals surface area contributed by atoms with Crippen molar-refractivity contribution in [3.05, 3.63) is 81.7 Å². The van der Waals surface area contributed by atoms with Crippen LogP contribution in [0.25, 0.3) is 5.69 Å². The number of hydrogen-bond donors (Lipinski definition) is 2. The number of aromatic nitrogens is 4. The third kappa shape index (κ3) is 4.64. The van der Waals surface area contributed by atoms with E-state index in [1.807, 2.05) is 13.1 Å². The van der Waals surface area contributed by atoms with Crippen molar-refractivity contribution in [2.75, 3.05) is 19.0 Å². The largest absolute Gasteiger partial charge is 0.494 e. The summed E-state index contributed by atoms with van der Waals surface area (Å²) in [4.78, 5) is 18.0. The summed E-state index contributed by atoms with van der Waals surface area (Å²) in [6.07, 6.45) is 3.28. The minimum Gasteiger partial charge on any atom is -0.494 e. The molecule has 0 radical (unpaired) electrons. The molecular formula is C22H21F2N5O3S. The maximum Gasteiger partial charge on any atom is 0.274 e. The molecule has 4 aromatic rings. The van der Waals surface area contributed by atoms with Gasteiger partial charge in [0.05, 0.1) is 42.3 Å². The number of halogens is 2. The first-order valence-corrected chi connectivity index (χ1v) is 10.7. The van der Waals surface area contributed by atoms with Crippen LogP contribution in [0.4, 0.5) is 20.2 Å². The summed E-state index contributed by atoms with van der Waals surface area (Å²) >= 11 is 1.09. The van der Waals surface area contributed by atoms with Gasteiger partial charge in [0.25, 0.3) is 12.0 Å². The number of methoxy groups -OCH3 is 1. The topological polar surface area (TPSA) is 94.2 Å². The minimum absolute atomic E-state index is 0.0518. The third-order valence-corrected chi connectivity index (χ3v) is 5.91. The van der Waals surface area contributed by atoms with Crippen molar-refractivity contribution in [2.24, 2.45) is 0 Å². The second kappa shape index (κ2) is 9.51. The van der Waals surface area contributed by atoms with E-state index in [1.165, 1.54) is 13.3 Å². The minimum atomic E-state index is -2.81. The predicted molar refractivity (Wildman–Crippen MR) is 121 cm³/mol. The second-order valence-electron chi connectivity index (χ2n) is 7.25. The quantitative estimate of drug-likeness (QED) is 0.401. The zero-order chi connectivity index (χ0) is 23.5. The maximum atomic E-state index is 13.6. The van der Waals surface area contributed by atoms with Gasteiger partial charge >= 0.3 is 0 Å². The first kappa shape index (κ1) is 22.6. The van der Waals surface area contributed by atoms with Gasteiger partial charge in [0, 0.05) is 35.9 Å². The summed E-state index contributed by atoms with van der Waals surface area (Å²) < 4.78 is 39.6. The zero-order valence-electron chi connectivity index (χ0n) is 17.8. The smallest absolute Gasteiger partial charge is 0.274 e. The van der Waals surface area contributed by atoms with Crippen molar-refractivity contribution in [3.8, 4) is 11.4 Å².